The predicted octanol–water partition coefficient (Wildman–Crippen LogP) is 2.07. The first-order chi connectivity index (χ1) is 5.33. The van der Waals surface area contributed by atoms with Gasteiger partial charge in [0.25, 0.3) is 0 Å². The number of aliphatic hydroxyl groups excluding tert-OH is 1. The zero-order valence-corrected chi connectivity index (χ0v) is 6.72. The van der Waals surface area contributed by atoms with E-state index in [1.165, 1.54) is 0 Å². The maximum Gasteiger partial charge on any atom is 0.132 e. The van der Waals surface area contributed by atoms with Crippen molar-refractivity contribution in [3.8, 4) is 0 Å². The first kappa shape index (κ1) is 8.56. The molecule has 0 heterocycles. The van der Waals surface area contributed by atoms with E-state index in [-0.39, 0.29) is 0 Å². The maximum absolute atomic E-state index is 11.8. The van der Waals surface area contributed by atoms with Crippen molar-refractivity contribution in [2.24, 2.45) is 0 Å². The van der Waals surface area contributed by atoms with E-state index in [1.54, 1.807) is 0 Å². The molecule has 11 heavy (non-hydrogen) atoms. The molecular weight excluding hydrogens is 163 g/mol. The normalized spacial score (nSPS) is 12.9. The van der Waals surface area contributed by atoms with Crippen molar-refractivity contribution in [2.75, 3.05) is 6.67 Å². The van der Waals surface area contributed by atoms with E-state index in [9.17, 15) is 4.39 Å². The van der Waals surface area contributed by atoms with Gasteiger partial charge in [-0.25, -0.2) is 4.39 Å². The van der Waals surface area contributed by atoms with Crippen LogP contribution in [-0.4, -0.2) is 17.2 Å². The standard InChI is InChI=1S/C8H9FOS/c9-6-8(10)11-7-4-2-1-3-5-7/h1-5,8,10H,6H2. The molecule has 1 rings (SSSR count). The molecule has 0 aromatic heterocycles. The van der Waals surface area contributed by atoms with Gasteiger partial charge in [-0.1, -0.05) is 30.0 Å². The highest BCUT2D eigenvalue weighted by atomic mass is 32.2. The molecule has 1 atom stereocenters. The highest BCUT2D eigenvalue weighted by molar-refractivity contribution is 7.99. The van der Waals surface area contributed by atoms with Crippen molar-refractivity contribution >= 4 is 11.8 Å². The second kappa shape index (κ2) is 4.36. The van der Waals surface area contributed by atoms with Gasteiger partial charge in [-0.05, 0) is 12.1 Å². The van der Waals surface area contributed by atoms with E-state index in [0.29, 0.717) is 0 Å². The minimum Gasteiger partial charge on any atom is -0.379 e. The van der Waals surface area contributed by atoms with Gasteiger partial charge in [-0.2, -0.15) is 0 Å². The van der Waals surface area contributed by atoms with Crippen LogP contribution in [-0.2, 0) is 0 Å². The summed E-state index contributed by atoms with van der Waals surface area (Å²) in [5, 5.41) is 8.90. The number of alkyl halides is 1. The van der Waals surface area contributed by atoms with E-state index in [4.69, 9.17) is 5.11 Å². The number of halogens is 1. The van der Waals surface area contributed by atoms with Crippen molar-refractivity contribution in [3.05, 3.63) is 30.3 Å². The molecule has 0 radical (unpaired) electrons. The van der Waals surface area contributed by atoms with Gasteiger partial charge < -0.3 is 5.11 Å². The lowest BCUT2D eigenvalue weighted by atomic mass is 10.4. The second-order valence-electron chi connectivity index (χ2n) is 2.04. The van der Waals surface area contributed by atoms with Gasteiger partial charge >= 0.3 is 0 Å². The van der Waals surface area contributed by atoms with Crippen LogP contribution in [0.15, 0.2) is 35.2 Å². The number of thioether (sulfide) groups is 1. The summed E-state index contributed by atoms with van der Waals surface area (Å²) in [5.41, 5.74) is -0.933. The zero-order valence-electron chi connectivity index (χ0n) is 5.90. The van der Waals surface area contributed by atoms with E-state index in [1.807, 2.05) is 30.3 Å². The Labute approximate surface area is 69.2 Å². The van der Waals surface area contributed by atoms with Gasteiger partial charge in [0.1, 0.15) is 12.1 Å². The van der Waals surface area contributed by atoms with Crippen molar-refractivity contribution in [1.29, 1.82) is 0 Å². The number of hydrogen-bond donors (Lipinski definition) is 1. The third-order valence-corrected chi connectivity index (χ3v) is 2.09. The average Bonchev–Trinajstić information content (AvgIpc) is 2.06. The Balaban J connectivity index is 2.51. The molecule has 1 N–H and O–H groups in total. The third kappa shape index (κ3) is 2.91. The summed E-state index contributed by atoms with van der Waals surface area (Å²) in [6.07, 6.45) is 0. The molecule has 0 aliphatic heterocycles. The van der Waals surface area contributed by atoms with Crippen LogP contribution < -0.4 is 0 Å². The lowest BCUT2D eigenvalue weighted by Crippen LogP contribution is -2.01. The summed E-state index contributed by atoms with van der Waals surface area (Å²) in [5.74, 6) is 0. The van der Waals surface area contributed by atoms with Crippen molar-refractivity contribution in [1.82, 2.24) is 0 Å². The SMILES string of the molecule is OC(CF)Sc1ccccc1. The minimum atomic E-state index is -0.933. The monoisotopic (exact) mass is 172 g/mol. The smallest absolute Gasteiger partial charge is 0.132 e. The lowest BCUT2D eigenvalue weighted by Gasteiger charge is -2.03. The van der Waals surface area contributed by atoms with Crippen LogP contribution in [0.5, 0.6) is 0 Å². The number of rotatable bonds is 3. The first-order valence-electron chi connectivity index (χ1n) is 3.28. The fraction of sp³-hybridized carbons (Fsp3) is 0.250. The van der Waals surface area contributed by atoms with Gasteiger partial charge in [0, 0.05) is 4.90 Å². The molecule has 1 unspecified atom stereocenters. The summed E-state index contributed by atoms with van der Waals surface area (Å²) in [6.45, 7) is -0.709. The largest absolute Gasteiger partial charge is 0.379 e. The molecule has 0 spiro atoms. The summed E-state index contributed by atoms with van der Waals surface area (Å²) in [4.78, 5) is 0.887. The van der Waals surface area contributed by atoms with Crippen LogP contribution in [0.2, 0.25) is 0 Å². The Morgan fingerprint density at radius 2 is 2.00 bits per heavy atom. The van der Waals surface area contributed by atoms with Crippen molar-refractivity contribution in [3.63, 3.8) is 0 Å². The molecule has 1 aromatic rings. The van der Waals surface area contributed by atoms with Gasteiger partial charge in [0.15, 0.2) is 0 Å². The summed E-state index contributed by atoms with van der Waals surface area (Å²) in [7, 11) is 0. The van der Waals surface area contributed by atoms with E-state index < -0.39 is 12.1 Å². The summed E-state index contributed by atoms with van der Waals surface area (Å²) in [6, 6.07) is 9.26. The number of benzene rings is 1. The van der Waals surface area contributed by atoms with Crippen molar-refractivity contribution < 1.29 is 9.50 Å². The summed E-state index contributed by atoms with van der Waals surface area (Å²) < 4.78 is 11.8. The van der Waals surface area contributed by atoms with E-state index in [0.717, 1.165) is 16.7 Å². The average molecular weight is 172 g/mol. The molecule has 0 aliphatic carbocycles. The topological polar surface area (TPSA) is 20.2 Å². The maximum atomic E-state index is 11.8. The Morgan fingerprint density at radius 3 is 2.55 bits per heavy atom. The molecule has 3 heteroatoms. The summed E-state index contributed by atoms with van der Waals surface area (Å²) >= 11 is 1.12. The molecule has 1 nitrogen and oxygen atoms in total. The molecule has 0 bridgehead atoms. The molecular formula is C8H9FOS. The van der Waals surface area contributed by atoms with Crippen LogP contribution >= 0.6 is 11.8 Å². The Hall–Kier alpha value is -0.540. The van der Waals surface area contributed by atoms with Crippen LogP contribution in [0.25, 0.3) is 0 Å². The molecule has 1 aromatic carbocycles. The Morgan fingerprint density at radius 1 is 1.36 bits per heavy atom. The van der Waals surface area contributed by atoms with Crippen molar-refractivity contribution in [2.45, 2.75) is 10.3 Å². The van der Waals surface area contributed by atoms with Gasteiger partial charge in [-0.15, -0.1) is 0 Å². The first-order valence-corrected chi connectivity index (χ1v) is 4.16. The highest BCUT2D eigenvalue weighted by Crippen LogP contribution is 2.20. The fourth-order valence-corrected chi connectivity index (χ4v) is 1.38. The minimum absolute atomic E-state index is 0.709. The van der Waals surface area contributed by atoms with Gasteiger partial charge in [0.2, 0.25) is 0 Å². The molecule has 60 valence electrons. The number of hydrogen-bond acceptors (Lipinski definition) is 2. The van der Waals surface area contributed by atoms with E-state index >= 15 is 0 Å². The molecule has 0 saturated carbocycles. The zero-order chi connectivity index (χ0) is 8.10. The molecule has 0 amide bonds. The van der Waals surface area contributed by atoms with Crippen LogP contribution in [0.1, 0.15) is 0 Å². The van der Waals surface area contributed by atoms with Gasteiger partial charge in [-0.3, -0.25) is 0 Å². The molecule has 0 fully saturated rings. The van der Waals surface area contributed by atoms with Crippen LogP contribution in [0.3, 0.4) is 0 Å². The predicted molar refractivity (Wildman–Crippen MR) is 44.3 cm³/mol. The van der Waals surface area contributed by atoms with Crippen LogP contribution in [0, 0.1) is 0 Å². The Kier molecular flexibility index (Phi) is 3.39. The lowest BCUT2D eigenvalue weighted by molar-refractivity contribution is 0.220. The van der Waals surface area contributed by atoms with Crippen LogP contribution in [0.4, 0.5) is 4.39 Å². The Bertz CT molecular complexity index is 203. The second-order valence-corrected chi connectivity index (χ2v) is 3.29. The third-order valence-electron chi connectivity index (χ3n) is 1.15. The quantitative estimate of drug-likeness (QED) is 0.556. The fourth-order valence-electron chi connectivity index (χ4n) is 0.688. The number of aliphatic hydroxyl groups is 1. The molecule has 0 aliphatic rings. The van der Waals surface area contributed by atoms with Gasteiger partial charge in [0.05, 0.1) is 0 Å². The highest BCUT2D eigenvalue weighted by Gasteiger charge is 2.03. The van der Waals surface area contributed by atoms with E-state index in [2.05, 4.69) is 0 Å². The molecule has 0 saturated heterocycles.